The van der Waals surface area contributed by atoms with Gasteiger partial charge in [0, 0.05) is 30.0 Å². The monoisotopic (exact) mass is 522 g/mol. The molecule has 37 heavy (non-hydrogen) atoms. The number of fused-ring (bicyclic) bond motifs is 3. The van der Waals surface area contributed by atoms with Gasteiger partial charge in [-0.1, -0.05) is 17.7 Å². The molecule has 190 valence electrons. The molecule has 6 rings (SSSR count). The number of ketones is 1. The Hall–Kier alpha value is -3.56. The minimum atomic E-state index is -0.525. The van der Waals surface area contributed by atoms with E-state index in [0.29, 0.717) is 46.7 Å². The van der Waals surface area contributed by atoms with E-state index in [1.165, 1.54) is 18.5 Å². The van der Waals surface area contributed by atoms with Crippen LogP contribution in [0.4, 0.5) is 21.6 Å². The van der Waals surface area contributed by atoms with Crippen LogP contribution in [0.3, 0.4) is 0 Å². The van der Waals surface area contributed by atoms with E-state index in [1.807, 2.05) is 0 Å². The van der Waals surface area contributed by atoms with E-state index in [0.717, 1.165) is 25.7 Å². The number of Topliss-reactive ketones (excluding diaryl/α,β-unsaturated/α-hetero) is 1. The molecule has 2 fully saturated rings. The summed E-state index contributed by atoms with van der Waals surface area (Å²) in [5.41, 5.74) is 1.67. The molecular formula is C27H24ClFN4O4. The Morgan fingerprint density at radius 3 is 2.84 bits per heavy atom. The van der Waals surface area contributed by atoms with Gasteiger partial charge in [-0.3, -0.25) is 9.59 Å². The number of nitrogens with one attached hydrogen (secondary N) is 2. The molecule has 2 saturated heterocycles. The highest BCUT2D eigenvalue weighted by atomic mass is 35.5. The fourth-order valence-electron chi connectivity index (χ4n) is 5.13. The average molecular weight is 523 g/mol. The van der Waals surface area contributed by atoms with E-state index < -0.39 is 11.7 Å². The van der Waals surface area contributed by atoms with E-state index in [9.17, 15) is 14.0 Å². The molecule has 10 heteroatoms. The Morgan fingerprint density at radius 2 is 2.08 bits per heavy atom. The summed E-state index contributed by atoms with van der Waals surface area (Å²) >= 11 is 5.94. The number of aromatic nitrogens is 2. The third kappa shape index (κ3) is 4.76. The molecule has 2 N–H and O–H groups in total. The molecule has 3 aromatic rings. The van der Waals surface area contributed by atoms with Crippen molar-refractivity contribution >= 4 is 51.4 Å². The number of carbonyl (C=O) groups excluding carboxylic acids is 2. The fourth-order valence-corrected chi connectivity index (χ4v) is 5.31. The average Bonchev–Trinajstić information content (AvgIpc) is 3.51. The molecule has 0 saturated carbocycles. The Labute approximate surface area is 217 Å². The van der Waals surface area contributed by atoms with Crippen molar-refractivity contribution in [2.24, 2.45) is 0 Å². The molecule has 1 amide bonds. The summed E-state index contributed by atoms with van der Waals surface area (Å²) in [5.74, 6) is -0.295. The van der Waals surface area contributed by atoms with Crippen LogP contribution in [0, 0.1) is 5.82 Å². The topological polar surface area (TPSA) is 102 Å². The standard InChI is InChI=1S/C27H24ClFN4O4/c28-18-9-14(5-7-19(18)29)32-26-17-11-21(33-27(35)16-3-1-2-4-22(16)34)24(12-20(17)30-13-31-26)37-25-10-15-6-8-23(25)36-15/h3,5,7,9,11-13,15,23,25H,1-2,4,6,8,10H2,(H,33,35)(H,30,31,32). The second-order valence-corrected chi connectivity index (χ2v) is 9.90. The number of hydrogen-bond donors (Lipinski definition) is 2. The summed E-state index contributed by atoms with van der Waals surface area (Å²) in [6.07, 6.45) is 7.67. The molecule has 3 unspecified atom stereocenters. The molecule has 2 aromatic carbocycles. The lowest BCUT2D eigenvalue weighted by Gasteiger charge is -2.23. The smallest absolute Gasteiger partial charge is 0.259 e. The molecule has 3 atom stereocenters. The number of anilines is 3. The van der Waals surface area contributed by atoms with E-state index in [2.05, 4.69) is 20.6 Å². The van der Waals surface area contributed by atoms with Gasteiger partial charge >= 0.3 is 0 Å². The maximum absolute atomic E-state index is 13.6. The Morgan fingerprint density at radius 1 is 1.19 bits per heavy atom. The molecule has 1 aromatic heterocycles. The molecule has 2 aliphatic heterocycles. The zero-order chi connectivity index (χ0) is 25.5. The maximum Gasteiger partial charge on any atom is 0.259 e. The van der Waals surface area contributed by atoms with Gasteiger partial charge in [0.1, 0.15) is 29.8 Å². The highest BCUT2D eigenvalue weighted by Crippen LogP contribution is 2.40. The van der Waals surface area contributed by atoms with Crippen LogP contribution < -0.4 is 15.4 Å². The van der Waals surface area contributed by atoms with Gasteiger partial charge < -0.3 is 20.1 Å². The molecule has 3 heterocycles. The molecule has 8 nitrogen and oxygen atoms in total. The van der Waals surface area contributed by atoms with Gasteiger partial charge in [-0.15, -0.1) is 0 Å². The first-order chi connectivity index (χ1) is 17.9. The summed E-state index contributed by atoms with van der Waals surface area (Å²) in [7, 11) is 0. The van der Waals surface area contributed by atoms with Gasteiger partial charge in [-0.05, 0) is 49.9 Å². The number of nitrogens with zero attached hydrogens (tertiary/aromatic N) is 2. The van der Waals surface area contributed by atoms with Crippen molar-refractivity contribution in [2.45, 2.75) is 56.8 Å². The second kappa shape index (κ2) is 9.72. The van der Waals surface area contributed by atoms with E-state index in [1.54, 1.807) is 24.3 Å². The van der Waals surface area contributed by atoms with Gasteiger partial charge in [0.25, 0.3) is 5.91 Å². The fraction of sp³-hybridized carbons (Fsp3) is 0.333. The third-order valence-corrected chi connectivity index (χ3v) is 7.29. The van der Waals surface area contributed by atoms with E-state index in [4.69, 9.17) is 21.1 Å². The zero-order valence-electron chi connectivity index (χ0n) is 19.8. The summed E-state index contributed by atoms with van der Waals surface area (Å²) in [6, 6.07) is 7.74. The van der Waals surface area contributed by atoms with Crippen molar-refractivity contribution in [3.63, 3.8) is 0 Å². The van der Waals surface area contributed by atoms with Gasteiger partial charge in [0.2, 0.25) is 0 Å². The van der Waals surface area contributed by atoms with Gasteiger partial charge in [-0.25, -0.2) is 14.4 Å². The summed E-state index contributed by atoms with van der Waals surface area (Å²) in [6.45, 7) is 0. The Balaban J connectivity index is 1.37. The van der Waals surface area contributed by atoms with Crippen molar-refractivity contribution in [3.05, 3.63) is 59.1 Å². The van der Waals surface area contributed by atoms with Crippen molar-refractivity contribution in [1.29, 1.82) is 0 Å². The summed E-state index contributed by atoms with van der Waals surface area (Å²) < 4.78 is 25.9. The minimum Gasteiger partial charge on any atom is -0.485 e. The van der Waals surface area contributed by atoms with Crippen LogP contribution in [0.25, 0.3) is 10.9 Å². The van der Waals surface area contributed by atoms with Crippen molar-refractivity contribution in [3.8, 4) is 5.75 Å². The van der Waals surface area contributed by atoms with Crippen LogP contribution in [0.5, 0.6) is 5.75 Å². The van der Waals surface area contributed by atoms with Crippen LogP contribution in [-0.2, 0) is 14.3 Å². The van der Waals surface area contributed by atoms with Crippen molar-refractivity contribution < 1.29 is 23.5 Å². The first-order valence-electron chi connectivity index (χ1n) is 12.3. The second-order valence-electron chi connectivity index (χ2n) is 9.49. The maximum atomic E-state index is 13.6. The van der Waals surface area contributed by atoms with Gasteiger partial charge in [-0.2, -0.15) is 0 Å². The molecular weight excluding hydrogens is 499 g/mol. The Kier molecular flexibility index (Phi) is 6.26. The predicted octanol–water partition coefficient (Wildman–Crippen LogP) is 5.48. The molecule has 3 aliphatic rings. The van der Waals surface area contributed by atoms with Gasteiger partial charge in [0.05, 0.1) is 34.0 Å². The third-order valence-electron chi connectivity index (χ3n) is 7.00. The minimum absolute atomic E-state index is 0.0118. The highest BCUT2D eigenvalue weighted by molar-refractivity contribution is 6.31. The normalized spacial score (nSPS) is 22.7. The quantitative estimate of drug-likeness (QED) is 0.413. The zero-order valence-corrected chi connectivity index (χ0v) is 20.6. The molecule has 1 aliphatic carbocycles. The highest BCUT2D eigenvalue weighted by Gasteiger charge is 2.42. The Bertz CT molecular complexity index is 1450. The molecule has 0 spiro atoms. The number of rotatable bonds is 6. The van der Waals surface area contributed by atoms with Crippen LogP contribution in [0.2, 0.25) is 5.02 Å². The largest absolute Gasteiger partial charge is 0.485 e. The number of carbonyl (C=O) groups is 2. The number of benzene rings is 2. The first kappa shape index (κ1) is 23.8. The number of amides is 1. The predicted molar refractivity (Wildman–Crippen MR) is 137 cm³/mol. The van der Waals surface area contributed by atoms with Gasteiger partial charge in [0.15, 0.2) is 5.78 Å². The van der Waals surface area contributed by atoms with E-state index in [-0.39, 0.29) is 34.7 Å². The first-order valence-corrected chi connectivity index (χ1v) is 12.7. The lowest BCUT2D eigenvalue weighted by molar-refractivity contribution is -0.120. The molecule has 2 bridgehead atoms. The van der Waals surface area contributed by atoms with Crippen LogP contribution in [0.1, 0.15) is 38.5 Å². The van der Waals surface area contributed by atoms with Crippen molar-refractivity contribution in [1.82, 2.24) is 9.97 Å². The SMILES string of the molecule is O=C1CCCC=C1C(=O)Nc1cc2c(Nc3ccc(F)c(Cl)c3)ncnc2cc1OC1CC2CCC1O2. The van der Waals surface area contributed by atoms with E-state index >= 15 is 0 Å². The number of ether oxygens (including phenoxy) is 2. The summed E-state index contributed by atoms with van der Waals surface area (Å²) in [5, 5.41) is 6.59. The van der Waals surface area contributed by atoms with Crippen LogP contribution in [0.15, 0.2) is 48.3 Å². The number of halogens is 2. The summed E-state index contributed by atoms with van der Waals surface area (Å²) in [4.78, 5) is 34.2. The lowest BCUT2D eigenvalue weighted by Crippen LogP contribution is -2.29. The molecule has 0 radical (unpaired) electrons. The lowest BCUT2D eigenvalue weighted by atomic mass is 9.97. The van der Waals surface area contributed by atoms with Crippen LogP contribution >= 0.6 is 11.6 Å². The number of hydrogen-bond acceptors (Lipinski definition) is 7. The number of allylic oxidation sites excluding steroid dienone is 1. The van der Waals surface area contributed by atoms with Crippen molar-refractivity contribution in [2.75, 3.05) is 10.6 Å². The van der Waals surface area contributed by atoms with Crippen LogP contribution in [-0.4, -0.2) is 40.0 Å².